The molecule has 0 saturated carbocycles. The third-order valence-corrected chi connectivity index (χ3v) is 1.88. The lowest BCUT2D eigenvalue weighted by molar-refractivity contribution is -0.155. The molecule has 4 nitrogen and oxygen atoms in total. The van der Waals surface area contributed by atoms with Gasteiger partial charge in [0.15, 0.2) is 0 Å². The normalized spacial score (nSPS) is 15.6. The lowest BCUT2D eigenvalue weighted by atomic mass is 10.1. The Morgan fingerprint density at radius 2 is 1.81 bits per heavy atom. The highest BCUT2D eigenvalue weighted by Gasteiger charge is 2.18. The van der Waals surface area contributed by atoms with E-state index in [2.05, 4.69) is 5.32 Å². The van der Waals surface area contributed by atoms with Crippen molar-refractivity contribution < 1.29 is 14.3 Å². The van der Waals surface area contributed by atoms with Crippen molar-refractivity contribution in [3.63, 3.8) is 0 Å². The first-order chi connectivity index (χ1) is 7.24. The number of esters is 1. The van der Waals surface area contributed by atoms with Crippen molar-refractivity contribution in [2.24, 2.45) is 0 Å². The van der Waals surface area contributed by atoms with Crippen LogP contribution in [0.1, 0.15) is 41.0 Å². The summed E-state index contributed by atoms with van der Waals surface area (Å²) in [5, 5.41) is 3.27. The van der Waals surface area contributed by atoms with Crippen LogP contribution in [0.15, 0.2) is 0 Å². The van der Waals surface area contributed by atoms with Gasteiger partial charge in [0, 0.05) is 19.2 Å². The van der Waals surface area contributed by atoms with Crippen molar-refractivity contribution in [2.45, 2.75) is 58.7 Å². The second kappa shape index (κ2) is 6.86. The van der Waals surface area contributed by atoms with Gasteiger partial charge in [-0.15, -0.1) is 0 Å². The van der Waals surface area contributed by atoms with Crippen molar-refractivity contribution >= 4 is 5.97 Å². The Morgan fingerprint density at radius 1 is 1.25 bits per heavy atom. The van der Waals surface area contributed by atoms with Gasteiger partial charge in [0.1, 0.15) is 5.60 Å². The molecule has 4 heteroatoms. The fourth-order valence-electron chi connectivity index (χ4n) is 1.48. The van der Waals surface area contributed by atoms with Gasteiger partial charge in [-0.2, -0.15) is 0 Å². The maximum atomic E-state index is 11.5. The van der Waals surface area contributed by atoms with Gasteiger partial charge in [-0.05, 0) is 34.6 Å². The highest BCUT2D eigenvalue weighted by Crippen LogP contribution is 2.09. The van der Waals surface area contributed by atoms with Crippen LogP contribution in [0.3, 0.4) is 0 Å². The van der Waals surface area contributed by atoms with Crippen LogP contribution in [0.2, 0.25) is 0 Å². The van der Waals surface area contributed by atoms with Crippen molar-refractivity contribution in [3.05, 3.63) is 0 Å². The summed E-state index contributed by atoms with van der Waals surface area (Å²) in [5.74, 6) is -0.169. The van der Waals surface area contributed by atoms with E-state index in [0.717, 1.165) is 0 Å². The van der Waals surface area contributed by atoms with Gasteiger partial charge in [0.2, 0.25) is 0 Å². The van der Waals surface area contributed by atoms with Crippen LogP contribution in [0.4, 0.5) is 0 Å². The van der Waals surface area contributed by atoms with E-state index in [1.807, 2.05) is 34.6 Å². The molecule has 0 aromatic carbocycles. The number of nitrogens with one attached hydrogen (secondary N) is 1. The van der Waals surface area contributed by atoms with Crippen LogP contribution in [0.25, 0.3) is 0 Å². The summed E-state index contributed by atoms with van der Waals surface area (Å²) < 4.78 is 10.3. The van der Waals surface area contributed by atoms with Crippen LogP contribution >= 0.6 is 0 Å². The second-order valence-electron chi connectivity index (χ2n) is 5.21. The molecule has 0 spiro atoms. The smallest absolute Gasteiger partial charge is 0.307 e. The van der Waals surface area contributed by atoms with E-state index in [1.165, 1.54) is 0 Å². The SMILES string of the molecule is COCC(C)NC(C)CC(=O)OC(C)(C)C. The molecule has 96 valence electrons. The summed E-state index contributed by atoms with van der Waals surface area (Å²) in [4.78, 5) is 11.5. The topological polar surface area (TPSA) is 47.6 Å². The molecule has 0 bridgehead atoms. The van der Waals surface area contributed by atoms with Gasteiger partial charge in [-0.3, -0.25) is 4.79 Å². The molecule has 0 aliphatic carbocycles. The fraction of sp³-hybridized carbons (Fsp3) is 0.917. The molecule has 1 N–H and O–H groups in total. The highest BCUT2D eigenvalue weighted by molar-refractivity contribution is 5.70. The lowest BCUT2D eigenvalue weighted by Crippen LogP contribution is -2.39. The molecule has 0 radical (unpaired) electrons. The molecule has 0 aromatic rings. The lowest BCUT2D eigenvalue weighted by Gasteiger charge is -2.22. The molecule has 2 atom stereocenters. The average Bonchev–Trinajstić information content (AvgIpc) is 1.98. The Balaban J connectivity index is 3.87. The molecule has 0 aliphatic rings. The van der Waals surface area contributed by atoms with Gasteiger partial charge in [0.05, 0.1) is 13.0 Å². The number of carbonyl (C=O) groups is 1. The van der Waals surface area contributed by atoms with Gasteiger partial charge in [-0.25, -0.2) is 0 Å². The first kappa shape index (κ1) is 15.4. The molecule has 16 heavy (non-hydrogen) atoms. The molecule has 2 unspecified atom stereocenters. The Kier molecular flexibility index (Phi) is 6.60. The minimum absolute atomic E-state index is 0.0972. The first-order valence-electron chi connectivity index (χ1n) is 5.71. The fourth-order valence-corrected chi connectivity index (χ4v) is 1.48. The van der Waals surface area contributed by atoms with Crippen LogP contribution in [-0.2, 0) is 14.3 Å². The number of rotatable bonds is 6. The van der Waals surface area contributed by atoms with E-state index in [4.69, 9.17) is 9.47 Å². The first-order valence-corrected chi connectivity index (χ1v) is 5.71. The van der Waals surface area contributed by atoms with Crippen molar-refractivity contribution in [1.29, 1.82) is 0 Å². The van der Waals surface area contributed by atoms with Gasteiger partial charge in [-0.1, -0.05) is 0 Å². The summed E-state index contributed by atoms with van der Waals surface area (Å²) in [5.41, 5.74) is -0.408. The van der Waals surface area contributed by atoms with E-state index < -0.39 is 5.60 Å². The summed E-state index contributed by atoms with van der Waals surface area (Å²) in [6, 6.07) is 0.336. The van der Waals surface area contributed by atoms with Crippen LogP contribution in [-0.4, -0.2) is 37.4 Å². The zero-order valence-electron chi connectivity index (χ0n) is 11.3. The maximum absolute atomic E-state index is 11.5. The van der Waals surface area contributed by atoms with Crippen LogP contribution < -0.4 is 5.32 Å². The molecule has 0 amide bonds. The predicted molar refractivity (Wildman–Crippen MR) is 64.4 cm³/mol. The third kappa shape index (κ3) is 8.68. The van der Waals surface area contributed by atoms with Crippen LogP contribution in [0.5, 0.6) is 0 Å². The monoisotopic (exact) mass is 231 g/mol. The molecule has 0 aliphatic heterocycles. The van der Waals surface area contributed by atoms with Crippen LogP contribution in [0, 0.1) is 0 Å². The van der Waals surface area contributed by atoms with E-state index in [9.17, 15) is 4.79 Å². The Morgan fingerprint density at radius 3 is 2.25 bits per heavy atom. The highest BCUT2D eigenvalue weighted by atomic mass is 16.6. The minimum atomic E-state index is -0.408. The minimum Gasteiger partial charge on any atom is -0.460 e. The van der Waals surface area contributed by atoms with Crippen molar-refractivity contribution in [1.82, 2.24) is 5.32 Å². The quantitative estimate of drug-likeness (QED) is 0.707. The molecule has 0 aromatic heterocycles. The number of hydrogen-bond donors (Lipinski definition) is 1. The molecule has 0 fully saturated rings. The van der Waals surface area contributed by atoms with Crippen molar-refractivity contribution in [2.75, 3.05) is 13.7 Å². The number of carbonyl (C=O) groups excluding carboxylic acids is 1. The van der Waals surface area contributed by atoms with Gasteiger partial charge < -0.3 is 14.8 Å². The predicted octanol–water partition coefficient (Wildman–Crippen LogP) is 1.73. The van der Waals surface area contributed by atoms with Gasteiger partial charge in [0.25, 0.3) is 0 Å². The number of methoxy groups -OCH3 is 1. The average molecular weight is 231 g/mol. The van der Waals surface area contributed by atoms with E-state index in [0.29, 0.717) is 13.0 Å². The number of hydrogen-bond acceptors (Lipinski definition) is 4. The molecular formula is C12H25NO3. The third-order valence-electron chi connectivity index (χ3n) is 1.88. The number of ether oxygens (including phenoxy) is 2. The standard InChI is InChI=1S/C12H25NO3/c1-9(13-10(2)8-15-6)7-11(14)16-12(3,4)5/h9-10,13H,7-8H2,1-6H3. The molecular weight excluding hydrogens is 206 g/mol. The van der Waals surface area contributed by atoms with E-state index in [-0.39, 0.29) is 18.1 Å². The Bertz CT molecular complexity index is 211. The molecule has 0 rings (SSSR count). The van der Waals surface area contributed by atoms with Crippen molar-refractivity contribution in [3.8, 4) is 0 Å². The summed E-state index contributed by atoms with van der Waals surface area (Å²) >= 11 is 0. The Hall–Kier alpha value is -0.610. The van der Waals surface area contributed by atoms with E-state index in [1.54, 1.807) is 7.11 Å². The molecule has 0 heterocycles. The summed E-state index contributed by atoms with van der Waals surface area (Å²) in [7, 11) is 1.66. The largest absolute Gasteiger partial charge is 0.460 e. The summed E-state index contributed by atoms with van der Waals surface area (Å²) in [6.07, 6.45) is 0.380. The maximum Gasteiger partial charge on any atom is 0.307 e. The molecule has 0 saturated heterocycles. The summed E-state index contributed by atoms with van der Waals surface area (Å²) in [6.45, 7) is 10.2. The Labute approximate surface area is 98.7 Å². The zero-order valence-corrected chi connectivity index (χ0v) is 11.3. The van der Waals surface area contributed by atoms with E-state index >= 15 is 0 Å². The zero-order chi connectivity index (χ0) is 12.8. The second-order valence-corrected chi connectivity index (χ2v) is 5.21. The van der Waals surface area contributed by atoms with Gasteiger partial charge >= 0.3 is 5.97 Å².